The van der Waals surface area contributed by atoms with E-state index in [1.165, 1.54) is 0 Å². The molecule has 2 aromatic carbocycles. The first kappa shape index (κ1) is 29.9. The van der Waals surface area contributed by atoms with E-state index in [9.17, 15) is 9.59 Å². The van der Waals surface area contributed by atoms with Gasteiger partial charge in [-0.25, -0.2) is 0 Å². The molecule has 2 amide bonds. The Hall–Kier alpha value is -3.56. The van der Waals surface area contributed by atoms with Crippen molar-refractivity contribution in [1.29, 1.82) is 0 Å². The lowest BCUT2D eigenvalue weighted by Crippen LogP contribution is -2.45. The second-order valence-electron chi connectivity index (χ2n) is 11.7. The quantitative estimate of drug-likeness (QED) is 0.273. The molecule has 1 aliphatic carbocycles. The van der Waals surface area contributed by atoms with Crippen molar-refractivity contribution >= 4 is 22.7 Å². The number of rotatable bonds is 14. The topological polar surface area (TPSA) is 96.1 Å². The van der Waals surface area contributed by atoms with Crippen molar-refractivity contribution in [1.82, 2.24) is 20.1 Å². The van der Waals surface area contributed by atoms with Crippen LogP contribution in [0.5, 0.6) is 11.5 Å². The summed E-state index contributed by atoms with van der Waals surface area (Å²) in [6.07, 6.45) is 2.83. The van der Waals surface area contributed by atoms with E-state index >= 15 is 0 Å². The number of amides is 2. The maximum absolute atomic E-state index is 13.8. The number of nitrogens with zero attached hydrogens (tertiary/aromatic N) is 2. The summed E-state index contributed by atoms with van der Waals surface area (Å²) < 4.78 is 16.5. The predicted molar refractivity (Wildman–Crippen MR) is 163 cm³/mol. The Balaban J connectivity index is 1.28. The third-order valence-corrected chi connectivity index (χ3v) is 8.40. The van der Waals surface area contributed by atoms with Crippen LogP contribution in [0.2, 0.25) is 0 Å². The van der Waals surface area contributed by atoms with E-state index in [0.717, 1.165) is 43.3 Å². The van der Waals surface area contributed by atoms with Crippen molar-refractivity contribution in [2.45, 2.75) is 45.2 Å². The lowest BCUT2D eigenvalue weighted by molar-refractivity contribution is 0.0611. The van der Waals surface area contributed by atoms with E-state index in [-0.39, 0.29) is 35.7 Å². The number of aromatic nitrogens is 1. The predicted octanol–water partition coefficient (Wildman–Crippen LogP) is 4.58. The summed E-state index contributed by atoms with van der Waals surface area (Å²) >= 11 is 0. The minimum atomic E-state index is -0.0340. The summed E-state index contributed by atoms with van der Waals surface area (Å²) in [6.45, 7) is 8.12. The molecule has 1 saturated carbocycles. The lowest BCUT2D eigenvalue weighted by Gasteiger charge is -2.33. The van der Waals surface area contributed by atoms with E-state index in [2.05, 4.69) is 29.0 Å². The van der Waals surface area contributed by atoms with Crippen LogP contribution in [0, 0.1) is 11.8 Å². The Bertz CT molecular complexity index is 1330. The number of H-pyrrole nitrogens is 1. The van der Waals surface area contributed by atoms with Crippen LogP contribution in [0.1, 0.15) is 54.0 Å². The number of aromatic amines is 1. The maximum atomic E-state index is 13.8. The molecule has 1 saturated heterocycles. The highest BCUT2D eigenvalue weighted by Crippen LogP contribution is 2.33. The van der Waals surface area contributed by atoms with Crippen molar-refractivity contribution in [3.05, 3.63) is 59.8 Å². The average molecular weight is 577 g/mol. The fraction of sp³-hybridized carbons (Fsp3) is 0.515. The number of hydrogen-bond donors (Lipinski definition) is 2. The molecule has 1 aromatic heterocycles. The van der Waals surface area contributed by atoms with Crippen molar-refractivity contribution in [3.8, 4) is 11.5 Å². The van der Waals surface area contributed by atoms with Crippen LogP contribution in [0.3, 0.4) is 0 Å². The second-order valence-corrected chi connectivity index (χ2v) is 11.7. The van der Waals surface area contributed by atoms with Gasteiger partial charge in [-0.3, -0.25) is 9.59 Å². The molecule has 2 atom stereocenters. The van der Waals surface area contributed by atoms with Crippen molar-refractivity contribution in [2.75, 3.05) is 53.6 Å². The van der Waals surface area contributed by atoms with E-state index in [4.69, 9.17) is 14.2 Å². The zero-order valence-electron chi connectivity index (χ0n) is 25.2. The van der Waals surface area contributed by atoms with Gasteiger partial charge < -0.3 is 34.3 Å². The smallest absolute Gasteiger partial charge is 0.270 e. The SMILES string of the molecule is COCCCOc1cc(C(=O)N(C[C@H]2CNC[C@H]2CN(C(=O)c2cc3ccccc3[nH]2)C2CC2)C(C)C)ccc1OC. The summed E-state index contributed by atoms with van der Waals surface area (Å²) in [5, 5.41) is 4.58. The molecule has 0 unspecified atom stereocenters. The highest BCUT2D eigenvalue weighted by molar-refractivity contribution is 5.98. The molecule has 1 aliphatic heterocycles. The first-order valence-corrected chi connectivity index (χ1v) is 15.1. The summed E-state index contributed by atoms with van der Waals surface area (Å²) in [5.74, 6) is 1.67. The normalized spacial score (nSPS) is 18.4. The number of nitrogens with one attached hydrogen (secondary N) is 2. The maximum Gasteiger partial charge on any atom is 0.270 e. The fourth-order valence-corrected chi connectivity index (χ4v) is 5.85. The molecule has 226 valence electrons. The van der Waals surface area contributed by atoms with Crippen LogP contribution >= 0.6 is 0 Å². The Kier molecular flexibility index (Phi) is 9.69. The summed E-state index contributed by atoms with van der Waals surface area (Å²) in [7, 11) is 3.26. The first-order valence-electron chi connectivity index (χ1n) is 15.1. The molecule has 0 bridgehead atoms. The minimum Gasteiger partial charge on any atom is -0.493 e. The molecule has 5 rings (SSSR count). The second kappa shape index (κ2) is 13.6. The van der Waals surface area contributed by atoms with Crippen molar-refractivity contribution in [3.63, 3.8) is 0 Å². The zero-order valence-corrected chi connectivity index (χ0v) is 25.2. The van der Waals surface area contributed by atoms with Crippen LogP contribution in [-0.2, 0) is 4.74 Å². The van der Waals surface area contributed by atoms with Crippen LogP contribution in [-0.4, -0.2) is 92.3 Å². The number of hydrogen-bond acceptors (Lipinski definition) is 6. The Morgan fingerprint density at radius 2 is 1.69 bits per heavy atom. The van der Waals surface area contributed by atoms with Gasteiger partial charge in [0.1, 0.15) is 5.69 Å². The van der Waals surface area contributed by atoms with E-state index in [1.807, 2.05) is 35.2 Å². The number of fused-ring (bicyclic) bond motifs is 1. The summed E-state index contributed by atoms with van der Waals surface area (Å²) in [5.41, 5.74) is 2.19. The summed E-state index contributed by atoms with van der Waals surface area (Å²) in [6, 6.07) is 15.6. The third-order valence-electron chi connectivity index (χ3n) is 8.40. The number of methoxy groups -OCH3 is 2. The standard InChI is InChI=1S/C33H44N4O5/c1-22(2)36(32(38)24-10-13-30(41-4)31(17-24)42-15-7-14-40-3)20-25-18-34-19-26(25)21-37(27-11-12-27)33(39)29-16-23-8-5-6-9-28(23)35-29/h5-6,8-10,13,16-17,22,25-27,34-35H,7,11-12,14-15,18-21H2,1-4H3/t25-,26+/m1/s1. The highest BCUT2D eigenvalue weighted by atomic mass is 16.5. The monoisotopic (exact) mass is 576 g/mol. The summed E-state index contributed by atoms with van der Waals surface area (Å²) in [4.78, 5) is 34.9. The molecule has 9 heteroatoms. The molecule has 2 fully saturated rings. The van der Waals surface area contributed by atoms with Gasteiger partial charge in [0, 0.05) is 74.9 Å². The number of carbonyl (C=O) groups excluding carboxylic acids is 2. The first-order chi connectivity index (χ1) is 20.4. The number of ether oxygens (including phenoxy) is 3. The number of benzene rings is 2. The van der Waals surface area contributed by atoms with Crippen LogP contribution in [0.15, 0.2) is 48.5 Å². The molecular formula is C33H44N4O5. The van der Waals surface area contributed by atoms with Gasteiger partial charge >= 0.3 is 0 Å². The van der Waals surface area contributed by atoms with Gasteiger partial charge in [-0.05, 0) is 68.9 Å². The number of para-hydroxylation sites is 1. The zero-order chi connectivity index (χ0) is 29.6. The van der Waals surface area contributed by atoms with Crippen molar-refractivity contribution in [2.24, 2.45) is 11.8 Å². The van der Waals surface area contributed by atoms with Gasteiger partial charge in [0.05, 0.1) is 13.7 Å². The number of carbonyl (C=O) groups is 2. The largest absolute Gasteiger partial charge is 0.493 e. The van der Waals surface area contributed by atoms with Gasteiger partial charge in [-0.1, -0.05) is 18.2 Å². The molecule has 42 heavy (non-hydrogen) atoms. The molecule has 2 heterocycles. The Morgan fingerprint density at radius 1 is 0.929 bits per heavy atom. The molecule has 0 spiro atoms. The molecule has 2 aliphatic rings. The lowest BCUT2D eigenvalue weighted by atomic mass is 9.93. The highest BCUT2D eigenvalue weighted by Gasteiger charge is 2.39. The van der Waals surface area contributed by atoms with E-state index in [0.29, 0.717) is 49.1 Å². The van der Waals surface area contributed by atoms with Crippen LogP contribution in [0.4, 0.5) is 0 Å². The molecule has 9 nitrogen and oxygen atoms in total. The molecule has 3 aromatic rings. The van der Waals surface area contributed by atoms with E-state index < -0.39 is 0 Å². The van der Waals surface area contributed by atoms with Crippen LogP contribution in [0.25, 0.3) is 10.9 Å². The van der Waals surface area contributed by atoms with E-state index in [1.54, 1.807) is 32.4 Å². The fourth-order valence-electron chi connectivity index (χ4n) is 5.85. The van der Waals surface area contributed by atoms with Gasteiger partial charge in [0.15, 0.2) is 11.5 Å². The van der Waals surface area contributed by atoms with Crippen LogP contribution < -0.4 is 14.8 Å². The molecule has 0 radical (unpaired) electrons. The van der Waals surface area contributed by atoms with Gasteiger partial charge in [-0.15, -0.1) is 0 Å². The van der Waals surface area contributed by atoms with Gasteiger partial charge in [0.2, 0.25) is 0 Å². The Labute approximate surface area is 248 Å². The third kappa shape index (κ3) is 6.90. The average Bonchev–Trinajstić information content (AvgIpc) is 3.59. The van der Waals surface area contributed by atoms with Gasteiger partial charge in [0.25, 0.3) is 11.8 Å². The minimum absolute atomic E-state index is 0.0134. The van der Waals surface area contributed by atoms with Crippen molar-refractivity contribution < 1.29 is 23.8 Å². The molecular weight excluding hydrogens is 532 g/mol. The Morgan fingerprint density at radius 3 is 2.38 bits per heavy atom. The molecule has 2 N–H and O–H groups in total. The van der Waals surface area contributed by atoms with Gasteiger partial charge in [-0.2, -0.15) is 0 Å².